The average Bonchev–Trinajstić information content (AvgIpc) is 3.36. The second-order valence-corrected chi connectivity index (χ2v) is 9.61. The molecular weight excluding hydrogens is 552 g/mol. The van der Waals surface area contributed by atoms with Gasteiger partial charge in [0.1, 0.15) is 30.2 Å². The number of rotatable bonds is 16. The fraction of sp³-hybridized carbons (Fsp3) is 0.682. The van der Waals surface area contributed by atoms with E-state index >= 15 is 0 Å². The van der Waals surface area contributed by atoms with Crippen molar-refractivity contribution in [2.45, 2.75) is 75.3 Å². The lowest BCUT2D eigenvalue weighted by molar-refractivity contribution is -0.146. The molecule has 0 saturated carbocycles. The van der Waals surface area contributed by atoms with Crippen molar-refractivity contribution in [3.63, 3.8) is 0 Å². The van der Waals surface area contributed by atoms with Crippen LogP contribution in [0.25, 0.3) is 0 Å². The van der Waals surface area contributed by atoms with Crippen molar-refractivity contribution in [1.82, 2.24) is 26.2 Å². The molecule has 0 bridgehead atoms. The standard InChI is InChI=1S/C22H38N8O9S/c1-10(31)16(23)19(36)28-12(8-15(32)33)20(37)30-7-3-5-14(30)18(35)27-11(4-2-6-26-22(24)25)17(34)29-13(9-40)21(38)39/h10-14,16,31,40H,2-9,23H2,1H3,(H,27,35)(H,28,36)(H,29,34)(H,32,33)(H,38,39)(H4,24,25,26)/t10-,11+,12+,13+,14+,16+/m1/s1. The van der Waals surface area contributed by atoms with Gasteiger partial charge in [0.05, 0.1) is 12.5 Å². The van der Waals surface area contributed by atoms with Crippen molar-refractivity contribution in [3.8, 4) is 0 Å². The highest BCUT2D eigenvalue weighted by Gasteiger charge is 2.40. The lowest BCUT2D eigenvalue weighted by Crippen LogP contribution is -2.59. The van der Waals surface area contributed by atoms with Gasteiger partial charge < -0.3 is 53.0 Å². The van der Waals surface area contributed by atoms with E-state index in [1.807, 2.05) is 0 Å². The largest absolute Gasteiger partial charge is 0.481 e. The van der Waals surface area contributed by atoms with Crippen LogP contribution in [0.3, 0.4) is 0 Å². The van der Waals surface area contributed by atoms with Crippen LogP contribution in [0, 0.1) is 5.41 Å². The summed E-state index contributed by atoms with van der Waals surface area (Å²) in [7, 11) is 0. The third-order valence-corrected chi connectivity index (χ3v) is 6.43. The Morgan fingerprint density at radius 1 is 1.05 bits per heavy atom. The number of nitrogens with one attached hydrogen (secondary N) is 5. The normalized spacial score (nSPS) is 18.4. The number of carbonyl (C=O) groups excluding carboxylic acids is 4. The first kappa shape index (κ1) is 34.4. The molecule has 0 aromatic rings. The zero-order valence-corrected chi connectivity index (χ0v) is 22.9. The number of aliphatic carboxylic acids is 2. The number of carboxylic acid groups (broad SMARTS) is 2. The van der Waals surface area contributed by atoms with E-state index in [2.05, 4.69) is 33.9 Å². The van der Waals surface area contributed by atoms with Crippen LogP contribution in [0.4, 0.5) is 0 Å². The van der Waals surface area contributed by atoms with Gasteiger partial charge in [-0.25, -0.2) is 4.79 Å². The second-order valence-electron chi connectivity index (χ2n) is 9.24. The molecule has 40 heavy (non-hydrogen) atoms. The minimum Gasteiger partial charge on any atom is -0.481 e. The van der Waals surface area contributed by atoms with E-state index in [4.69, 9.17) is 16.9 Å². The van der Waals surface area contributed by atoms with Crippen LogP contribution in [0.15, 0.2) is 0 Å². The van der Waals surface area contributed by atoms with Gasteiger partial charge in [-0.05, 0) is 32.6 Å². The first-order valence-corrected chi connectivity index (χ1v) is 13.1. The molecule has 1 saturated heterocycles. The predicted molar refractivity (Wildman–Crippen MR) is 143 cm³/mol. The molecule has 17 nitrogen and oxygen atoms in total. The molecule has 0 aliphatic carbocycles. The minimum atomic E-state index is -1.58. The molecular formula is C22H38N8O9S. The zero-order chi connectivity index (χ0) is 30.6. The molecule has 6 atom stereocenters. The van der Waals surface area contributed by atoms with Crippen LogP contribution in [-0.2, 0) is 28.8 Å². The van der Waals surface area contributed by atoms with E-state index in [0.717, 1.165) is 4.90 Å². The van der Waals surface area contributed by atoms with Crippen molar-refractivity contribution < 1.29 is 44.1 Å². The Kier molecular flexibility index (Phi) is 14.2. The molecule has 0 aromatic carbocycles. The summed E-state index contributed by atoms with van der Waals surface area (Å²) < 4.78 is 0. The highest BCUT2D eigenvalue weighted by Crippen LogP contribution is 2.20. The third-order valence-electron chi connectivity index (χ3n) is 6.07. The zero-order valence-electron chi connectivity index (χ0n) is 22.0. The molecule has 4 amide bonds. The van der Waals surface area contributed by atoms with E-state index in [1.165, 1.54) is 6.92 Å². The number of guanidine groups is 1. The van der Waals surface area contributed by atoms with Gasteiger partial charge >= 0.3 is 11.9 Å². The van der Waals surface area contributed by atoms with Gasteiger partial charge in [-0.1, -0.05) is 0 Å². The van der Waals surface area contributed by atoms with E-state index < -0.39 is 78.3 Å². The molecule has 12 N–H and O–H groups in total. The Bertz CT molecular complexity index is 967. The smallest absolute Gasteiger partial charge is 0.327 e. The first-order chi connectivity index (χ1) is 18.7. The molecule has 1 rings (SSSR count). The quantitative estimate of drug-likeness (QED) is 0.0354. The van der Waals surface area contributed by atoms with Crippen LogP contribution in [0.2, 0.25) is 0 Å². The van der Waals surface area contributed by atoms with Gasteiger partial charge in [0.25, 0.3) is 0 Å². The Hall–Kier alpha value is -3.64. The van der Waals surface area contributed by atoms with Gasteiger partial charge in [0, 0.05) is 18.8 Å². The molecule has 1 fully saturated rings. The third kappa shape index (κ3) is 10.9. The molecule has 0 radical (unpaired) electrons. The minimum absolute atomic E-state index is 0.0202. The maximum atomic E-state index is 13.2. The van der Waals surface area contributed by atoms with Crippen LogP contribution in [0.1, 0.15) is 39.0 Å². The Morgan fingerprint density at radius 3 is 2.20 bits per heavy atom. The monoisotopic (exact) mass is 590 g/mol. The summed E-state index contributed by atoms with van der Waals surface area (Å²) in [5, 5.41) is 44.8. The summed E-state index contributed by atoms with van der Waals surface area (Å²) in [5.74, 6) is -6.63. The van der Waals surface area contributed by atoms with Crippen LogP contribution in [-0.4, -0.2) is 117 Å². The van der Waals surface area contributed by atoms with E-state index in [1.54, 1.807) is 0 Å². The lowest BCUT2D eigenvalue weighted by atomic mass is 10.1. The highest BCUT2D eigenvalue weighted by molar-refractivity contribution is 7.80. The second kappa shape index (κ2) is 16.5. The Morgan fingerprint density at radius 2 is 1.68 bits per heavy atom. The molecule has 18 heteroatoms. The molecule has 226 valence electrons. The number of hydrogen-bond donors (Lipinski definition) is 11. The van der Waals surface area contributed by atoms with Crippen LogP contribution < -0.4 is 32.7 Å². The number of amides is 4. The average molecular weight is 591 g/mol. The highest BCUT2D eigenvalue weighted by atomic mass is 32.1. The lowest BCUT2D eigenvalue weighted by Gasteiger charge is -2.30. The van der Waals surface area contributed by atoms with Gasteiger partial charge in [-0.15, -0.1) is 0 Å². The van der Waals surface area contributed by atoms with Gasteiger partial charge in [0.15, 0.2) is 5.96 Å². The Balaban J connectivity index is 3.08. The van der Waals surface area contributed by atoms with Crippen LogP contribution in [0.5, 0.6) is 0 Å². The molecule has 1 aliphatic rings. The topological polar surface area (TPSA) is 290 Å². The molecule has 0 spiro atoms. The van der Waals surface area contributed by atoms with Crippen LogP contribution >= 0.6 is 12.6 Å². The summed E-state index contributed by atoms with van der Waals surface area (Å²) in [6.07, 6.45) is -1.27. The Labute approximate surface area is 235 Å². The van der Waals surface area contributed by atoms with Gasteiger partial charge in [-0.3, -0.25) is 29.4 Å². The number of nitrogens with two attached hydrogens (primary N) is 2. The molecule has 1 aliphatic heterocycles. The number of carbonyl (C=O) groups is 6. The van der Waals surface area contributed by atoms with Crippen molar-refractivity contribution in [2.75, 3.05) is 18.8 Å². The number of aliphatic hydroxyl groups excluding tert-OH is 1. The maximum absolute atomic E-state index is 13.2. The van der Waals surface area contributed by atoms with Crippen molar-refractivity contribution in [3.05, 3.63) is 0 Å². The van der Waals surface area contributed by atoms with Crippen molar-refractivity contribution in [2.24, 2.45) is 11.5 Å². The van der Waals surface area contributed by atoms with Gasteiger partial charge in [0.2, 0.25) is 23.6 Å². The van der Waals surface area contributed by atoms with Gasteiger partial charge in [-0.2, -0.15) is 12.6 Å². The molecule has 1 heterocycles. The number of hydrogen-bond acceptors (Lipinski definition) is 10. The summed E-state index contributed by atoms with van der Waals surface area (Å²) in [4.78, 5) is 75.4. The molecule has 0 aromatic heterocycles. The number of likely N-dealkylation sites (tertiary alicyclic amines) is 1. The van der Waals surface area contributed by atoms with E-state index in [0.29, 0.717) is 6.42 Å². The van der Waals surface area contributed by atoms with E-state index in [-0.39, 0.29) is 44.1 Å². The number of nitrogens with zero attached hydrogens (tertiary/aromatic N) is 1. The summed E-state index contributed by atoms with van der Waals surface area (Å²) in [6, 6.07) is -6.67. The molecule has 0 unspecified atom stereocenters. The summed E-state index contributed by atoms with van der Waals surface area (Å²) in [5.41, 5.74) is 10.8. The van der Waals surface area contributed by atoms with Crippen molar-refractivity contribution >= 4 is 54.2 Å². The van der Waals surface area contributed by atoms with Crippen molar-refractivity contribution in [1.29, 1.82) is 5.41 Å². The summed E-state index contributed by atoms with van der Waals surface area (Å²) >= 11 is 3.90. The number of thiol groups is 1. The SMILES string of the molecule is C[C@@H](O)[C@H](N)C(=O)N[C@@H](CC(=O)O)C(=O)N1CCC[C@H]1C(=O)N[C@@H](CCCNC(=N)N)C(=O)N[C@@H](CS)C(=O)O. The number of aliphatic hydroxyl groups is 1. The fourth-order valence-corrected chi connectivity index (χ4v) is 4.14. The first-order valence-electron chi connectivity index (χ1n) is 12.5. The van der Waals surface area contributed by atoms with E-state index in [9.17, 15) is 44.1 Å². The predicted octanol–water partition coefficient (Wildman–Crippen LogP) is -4.11. The maximum Gasteiger partial charge on any atom is 0.327 e. The fourth-order valence-electron chi connectivity index (χ4n) is 3.89. The summed E-state index contributed by atoms with van der Waals surface area (Å²) in [6.45, 7) is 1.49. The number of carboxylic acids is 2.